The second kappa shape index (κ2) is 8.40. The fraction of sp³-hybridized carbons (Fsp3) is 0.667. The van der Waals surface area contributed by atoms with Gasteiger partial charge in [0.1, 0.15) is 0 Å². The van der Waals surface area contributed by atoms with Gasteiger partial charge in [-0.3, -0.25) is 0 Å². The molecule has 0 aliphatic rings. The molecule has 0 saturated carbocycles. The first-order valence-corrected chi connectivity index (χ1v) is 5.03. The van der Waals surface area contributed by atoms with E-state index in [0.29, 0.717) is 0 Å². The van der Waals surface area contributed by atoms with Crippen LogP contribution in [0.3, 0.4) is 0 Å². The molecule has 0 heterocycles. The van der Waals surface area contributed by atoms with Gasteiger partial charge in [0.2, 0.25) is 0 Å². The molecule has 0 aromatic carbocycles. The van der Waals surface area contributed by atoms with Crippen molar-refractivity contribution in [1.82, 2.24) is 0 Å². The molecule has 0 spiro atoms. The van der Waals surface area contributed by atoms with Crippen LogP contribution in [-0.2, 0) is 0 Å². The highest BCUT2D eigenvalue weighted by molar-refractivity contribution is 5.27. The van der Waals surface area contributed by atoms with Crippen LogP contribution in [-0.4, -0.2) is 0 Å². The van der Waals surface area contributed by atoms with E-state index < -0.39 is 0 Å². The third-order valence-electron chi connectivity index (χ3n) is 1.74. The first-order chi connectivity index (χ1) is 5.85. The van der Waals surface area contributed by atoms with E-state index in [1.807, 2.05) is 0 Å². The number of allylic oxidation sites excluding steroid dienone is 2. The van der Waals surface area contributed by atoms with Gasteiger partial charge >= 0.3 is 0 Å². The molecule has 0 heteroatoms. The van der Waals surface area contributed by atoms with Gasteiger partial charge in [0.05, 0.1) is 0 Å². The Morgan fingerprint density at radius 3 is 2.50 bits per heavy atom. The second-order valence-corrected chi connectivity index (χ2v) is 2.90. The molecule has 0 unspecified atom stereocenters. The van der Waals surface area contributed by atoms with E-state index in [9.17, 15) is 0 Å². The van der Waals surface area contributed by atoms with Gasteiger partial charge in [0.25, 0.3) is 0 Å². The van der Waals surface area contributed by atoms with Crippen LogP contribution in [0.15, 0.2) is 11.6 Å². The normalized spacial score (nSPS) is 10.8. The zero-order chi connectivity index (χ0) is 9.23. The molecule has 0 radical (unpaired) electrons. The summed E-state index contributed by atoms with van der Waals surface area (Å²) >= 11 is 0. The lowest BCUT2D eigenvalue weighted by molar-refractivity contribution is 0.828. The highest BCUT2D eigenvalue weighted by Crippen LogP contribution is 2.00. The molecular formula is C12H20. The molecule has 0 N–H and O–H groups in total. The Kier molecular flexibility index (Phi) is 7.91. The smallest absolute Gasteiger partial charge is 0.00922 e. The molecule has 0 aromatic rings. The summed E-state index contributed by atoms with van der Waals surface area (Å²) in [5, 5.41) is 0. The molecule has 0 atom stereocenters. The summed E-state index contributed by atoms with van der Waals surface area (Å²) in [7, 11) is 0. The second-order valence-electron chi connectivity index (χ2n) is 2.90. The van der Waals surface area contributed by atoms with E-state index in [0.717, 1.165) is 19.3 Å². The van der Waals surface area contributed by atoms with Gasteiger partial charge in [-0.2, -0.15) is 0 Å². The first kappa shape index (κ1) is 11.3. The third kappa shape index (κ3) is 6.04. The van der Waals surface area contributed by atoms with Gasteiger partial charge in [-0.25, -0.2) is 0 Å². The Bertz CT molecular complexity index is 176. The fourth-order valence-corrected chi connectivity index (χ4v) is 0.971. The minimum absolute atomic E-state index is 1.05. The lowest BCUT2D eigenvalue weighted by atomic mass is 10.1. The van der Waals surface area contributed by atoms with Crippen molar-refractivity contribution in [2.75, 3.05) is 0 Å². The van der Waals surface area contributed by atoms with E-state index in [2.05, 4.69) is 38.7 Å². The first-order valence-electron chi connectivity index (χ1n) is 5.03. The predicted molar refractivity (Wildman–Crippen MR) is 56.0 cm³/mol. The highest BCUT2D eigenvalue weighted by atomic mass is 13.9. The van der Waals surface area contributed by atoms with Crippen LogP contribution in [0, 0.1) is 11.8 Å². The largest absolute Gasteiger partial charge is 0.0982 e. The van der Waals surface area contributed by atoms with Crippen LogP contribution in [0.2, 0.25) is 0 Å². The zero-order valence-corrected chi connectivity index (χ0v) is 8.61. The Morgan fingerprint density at radius 1 is 1.25 bits per heavy atom. The van der Waals surface area contributed by atoms with Crippen molar-refractivity contribution in [3.63, 3.8) is 0 Å². The van der Waals surface area contributed by atoms with Crippen LogP contribution in [0.25, 0.3) is 0 Å². The van der Waals surface area contributed by atoms with E-state index in [1.54, 1.807) is 0 Å². The van der Waals surface area contributed by atoms with Crippen LogP contribution in [0.1, 0.15) is 52.9 Å². The third-order valence-corrected chi connectivity index (χ3v) is 1.74. The van der Waals surface area contributed by atoms with Crippen LogP contribution in [0.5, 0.6) is 0 Å². The van der Waals surface area contributed by atoms with Crippen molar-refractivity contribution in [2.24, 2.45) is 0 Å². The lowest BCUT2D eigenvalue weighted by Crippen LogP contribution is -1.75. The Hall–Kier alpha value is -0.700. The Labute approximate surface area is 77.1 Å². The summed E-state index contributed by atoms with van der Waals surface area (Å²) in [6, 6.07) is 0. The average Bonchev–Trinajstić information content (AvgIpc) is 2.10. The summed E-state index contributed by atoms with van der Waals surface area (Å²) in [4.78, 5) is 0. The van der Waals surface area contributed by atoms with Crippen molar-refractivity contribution in [3.8, 4) is 11.8 Å². The van der Waals surface area contributed by atoms with E-state index in [-0.39, 0.29) is 0 Å². The zero-order valence-electron chi connectivity index (χ0n) is 8.61. The van der Waals surface area contributed by atoms with Gasteiger partial charge in [-0.05, 0) is 24.8 Å². The molecule has 0 fully saturated rings. The average molecular weight is 164 g/mol. The van der Waals surface area contributed by atoms with Crippen LogP contribution >= 0.6 is 0 Å². The van der Waals surface area contributed by atoms with Gasteiger partial charge in [-0.15, -0.1) is 0 Å². The van der Waals surface area contributed by atoms with E-state index >= 15 is 0 Å². The number of rotatable bonds is 4. The monoisotopic (exact) mass is 164 g/mol. The molecule has 0 aliphatic heterocycles. The van der Waals surface area contributed by atoms with Crippen molar-refractivity contribution < 1.29 is 0 Å². The predicted octanol–water partition coefficient (Wildman–Crippen LogP) is 3.93. The van der Waals surface area contributed by atoms with Crippen LogP contribution in [0.4, 0.5) is 0 Å². The van der Waals surface area contributed by atoms with Crippen molar-refractivity contribution in [2.45, 2.75) is 52.9 Å². The SMILES string of the molecule is CC/C=C(/C#CCCCC)CC. The molecule has 0 bridgehead atoms. The van der Waals surface area contributed by atoms with E-state index in [4.69, 9.17) is 0 Å². The summed E-state index contributed by atoms with van der Waals surface area (Å²) < 4.78 is 0. The molecule has 0 saturated heterocycles. The lowest BCUT2D eigenvalue weighted by Gasteiger charge is -1.91. The minimum atomic E-state index is 1.05. The quantitative estimate of drug-likeness (QED) is 0.436. The summed E-state index contributed by atoms with van der Waals surface area (Å²) in [6.07, 6.45) is 7.93. The van der Waals surface area contributed by atoms with Crippen molar-refractivity contribution in [1.29, 1.82) is 0 Å². The number of hydrogen-bond donors (Lipinski definition) is 0. The molecular weight excluding hydrogens is 144 g/mol. The van der Waals surface area contributed by atoms with Crippen molar-refractivity contribution in [3.05, 3.63) is 11.6 Å². The maximum absolute atomic E-state index is 3.22. The number of unbranched alkanes of at least 4 members (excludes halogenated alkanes) is 2. The number of hydrogen-bond acceptors (Lipinski definition) is 0. The molecule has 0 aromatic heterocycles. The summed E-state index contributed by atoms with van der Waals surface area (Å²) in [5.41, 5.74) is 1.30. The maximum Gasteiger partial charge on any atom is 0.00922 e. The molecule has 0 amide bonds. The maximum atomic E-state index is 3.22. The highest BCUT2D eigenvalue weighted by Gasteiger charge is 1.84. The molecule has 0 rings (SSSR count). The minimum Gasteiger partial charge on any atom is -0.0982 e. The molecule has 68 valence electrons. The molecule has 0 aliphatic carbocycles. The summed E-state index contributed by atoms with van der Waals surface area (Å²) in [5.74, 6) is 6.42. The van der Waals surface area contributed by atoms with Gasteiger partial charge < -0.3 is 0 Å². The fourth-order valence-electron chi connectivity index (χ4n) is 0.971. The van der Waals surface area contributed by atoms with E-state index in [1.165, 1.54) is 18.4 Å². The van der Waals surface area contributed by atoms with Crippen molar-refractivity contribution >= 4 is 0 Å². The van der Waals surface area contributed by atoms with Gasteiger partial charge in [0.15, 0.2) is 0 Å². The van der Waals surface area contributed by atoms with Crippen LogP contribution < -0.4 is 0 Å². The molecule has 12 heavy (non-hydrogen) atoms. The Morgan fingerprint density at radius 2 is 2.00 bits per heavy atom. The summed E-state index contributed by atoms with van der Waals surface area (Å²) in [6.45, 7) is 6.52. The standard InChI is InChI=1S/C12H20/c1-4-7-8-9-11-12(6-3)10-5-2/h10H,4-8H2,1-3H3/b12-10+. The molecule has 0 nitrogen and oxygen atoms in total. The van der Waals surface area contributed by atoms with Gasteiger partial charge in [0, 0.05) is 6.42 Å². The van der Waals surface area contributed by atoms with Gasteiger partial charge in [-0.1, -0.05) is 45.1 Å². The topological polar surface area (TPSA) is 0 Å². The Balaban J connectivity index is 3.80.